The number of carbonyl (C=O) groups excluding carboxylic acids is 1. The van der Waals surface area contributed by atoms with Gasteiger partial charge >= 0.3 is 5.97 Å². The number of hydrogen-bond donors (Lipinski definition) is 2. The fraction of sp³-hybridized carbons (Fsp3) is 0. The topological polar surface area (TPSA) is 79.3 Å². The van der Waals surface area contributed by atoms with Crippen LogP contribution < -0.4 is 5.32 Å². The Morgan fingerprint density at radius 1 is 1.11 bits per heavy atom. The standard InChI is InChI=1S/C13H9BrN2O3/c14-10-7-9(13(18)19)1-2-11(10)16-12(17)8-3-5-15-6-4-8/h1-7H,(H,16,17)(H,18,19). The Balaban J connectivity index is 2.20. The summed E-state index contributed by atoms with van der Waals surface area (Å²) in [6.07, 6.45) is 3.05. The molecule has 1 aromatic carbocycles. The van der Waals surface area contributed by atoms with Gasteiger partial charge in [0.05, 0.1) is 11.3 Å². The van der Waals surface area contributed by atoms with Gasteiger partial charge in [0, 0.05) is 22.4 Å². The van der Waals surface area contributed by atoms with Crippen LogP contribution in [0.25, 0.3) is 0 Å². The molecule has 0 radical (unpaired) electrons. The Morgan fingerprint density at radius 3 is 2.37 bits per heavy atom. The molecule has 2 N–H and O–H groups in total. The van der Waals surface area contributed by atoms with E-state index < -0.39 is 5.97 Å². The van der Waals surface area contributed by atoms with Crippen molar-refractivity contribution in [2.75, 3.05) is 5.32 Å². The molecule has 0 bridgehead atoms. The van der Waals surface area contributed by atoms with E-state index in [2.05, 4.69) is 26.2 Å². The predicted octanol–water partition coefficient (Wildman–Crippen LogP) is 2.79. The van der Waals surface area contributed by atoms with Crippen LogP contribution in [0.2, 0.25) is 0 Å². The van der Waals surface area contributed by atoms with Gasteiger partial charge in [-0.1, -0.05) is 0 Å². The third-order valence-corrected chi connectivity index (χ3v) is 3.06. The smallest absolute Gasteiger partial charge is 0.335 e. The lowest BCUT2D eigenvalue weighted by Gasteiger charge is -2.08. The third-order valence-electron chi connectivity index (χ3n) is 2.41. The number of hydrogen-bond acceptors (Lipinski definition) is 3. The summed E-state index contributed by atoms with van der Waals surface area (Å²) in [5, 5.41) is 11.5. The zero-order chi connectivity index (χ0) is 13.8. The second kappa shape index (κ2) is 5.62. The zero-order valence-electron chi connectivity index (χ0n) is 9.63. The highest BCUT2D eigenvalue weighted by molar-refractivity contribution is 9.10. The number of aromatic nitrogens is 1. The van der Waals surface area contributed by atoms with E-state index >= 15 is 0 Å². The number of carboxylic acids is 1. The van der Waals surface area contributed by atoms with Gasteiger partial charge in [-0.15, -0.1) is 0 Å². The van der Waals surface area contributed by atoms with Gasteiger partial charge in [-0.2, -0.15) is 0 Å². The summed E-state index contributed by atoms with van der Waals surface area (Å²) >= 11 is 3.23. The summed E-state index contributed by atoms with van der Waals surface area (Å²) in [4.78, 5) is 26.5. The number of nitrogens with zero attached hydrogens (tertiary/aromatic N) is 1. The third kappa shape index (κ3) is 3.17. The van der Waals surface area contributed by atoms with Crippen LogP contribution in [0.5, 0.6) is 0 Å². The molecule has 2 rings (SSSR count). The SMILES string of the molecule is O=C(O)c1ccc(NC(=O)c2ccncc2)c(Br)c1. The lowest BCUT2D eigenvalue weighted by molar-refractivity contribution is 0.0696. The molecule has 0 aliphatic rings. The molecule has 5 nitrogen and oxygen atoms in total. The largest absolute Gasteiger partial charge is 0.478 e. The van der Waals surface area contributed by atoms with E-state index in [9.17, 15) is 9.59 Å². The van der Waals surface area contributed by atoms with Gasteiger partial charge in [-0.05, 0) is 46.3 Å². The molecular weight excluding hydrogens is 312 g/mol. The van der Waals surface area contributed by atoms with Crippen LogP contribution >= 0.6 is 15.9 Å². The zero-order valence-corrected chi connectivity index (χ0v) is 11.2. The van der Waals surface area contributed by atoms with Crippen LogP contribution in [0, 0.1) is 0 Å². The Kier molecular flexibility index (Phi) is 3.91. The van der Waals surface area contributed by atoms with Crippen molar-refractivity contribution in [1.29, 1.82) is 0 Å². The van der Waals surface area contributed by atoms with Crippen molar-refractivity contribution in [2.24, 2.45) is 0 Å². The molecule has 1 amide bonds. The highest BCUT2D eigenvalue weighted by atomic mass is 79.9. The first kappa shape index (κ1) is 13.2. The first-order chi connectivity index (χ1) is 9.08. The van der Waals surface area contributed by atoms with E-state index in [1.165, 1.54) is 30.6 Å². The average molecular weight is 321 g/mol. The van der Waals surface area contributed by atoms with Gasteiger partial charge in [-0.3, -0.25) is 9.78 Å². The molecule has 6 heteroatoms. The lowest BCUT2D eigenvalue weighted by atomic mass is 10.2. The Labute approximate surface area is 117 Å². The first-order valence-corrected chi connectivity index (χ1v) is 6.11. The van der Waals surface area contributed by atoms with Crippen molar-refractivity contribution in [1.82, 2.24) is 4.98 Å². The maximum Gasteiger partial charge on any atom is 0.335 e. The van der Waals surface area contributed by atoms with Crippen LogP contribution in [0.3, 0.4) is 0 Å². The molecule has 0 fully saturated rings. The number of anilines is 1. The van der Waals surface area contributed by atoms with Crippen LogP contribution in [-0.4, -0.2) is 22.0 Å². The lowest BCUT2D eigenvalue weighted by Crippen LogP contribution is -2.12. The summed E-state index contributed by atoms with van der Waals surface area (Å²) in [5.41, 5.74) is 1.13. The number of benzene rings is 1. The maximum atomic E-state index is 11.9. The van der Waals surface area contributed by atoms with Crippen molar-refractivity contribution in [3.8, 4) is 0 Å². The summed E-state index contributed by atoms with van der Waals surface area (Å²) in [6.45, 7) is 0. The molecule has 0 saturated carbocycles. The number of amides is 1. The van der Waals surface area contributed by atoms with Crippen LogP contribution in [0.4, 0.5) is 5.69 Å². The molecule has 0 unspecified atom stereocenters. The van der Waals surface area contributed by atoms with E-state index in [1.54, 1.807) is 12.1 Å². The second-order valence-electron chi connectivity index (χ2n) is 3.69. The minimum atomic E-state index is -1.02. The minimum Gasteiger partial charge on any atom is -0.478 e. The number of nitrogens with one attached hydrogen (secondary N) is 1. The summed E-state index contributed by atoms with van der Waals surface area (Å²) in [7, 11) is 0. The Morgan fingerprint density at radius 2 is 1.79 bits per heavy atom. The Bertz CT molecular complexity index is 629. The minimum absolute atomic E-state index is 0.147. The summed E-state index contributed by atoms with van der Waals surface area (Å²) in [5.74, 6) is -1.31. The predicted molar refractivity (Wildman–Crippen MR) is 73.3 cm³/mol. The van der Waals surface area contributed by atoms with Crippen molar-refractivity contribution in [3.05, 3.63) is 58.3 Å². The van der Waals surface area contributed by atoms with E-state index in [1.807, 2.05) is 0 Å². The number of carbonyl (C=O) groups is 2. The maximum absolute atomic E-state index is 11.9. The van der Waals surface area contributed by atoms with Crippen LogP contribution in [0.1, 0.15) is 20.7 Å². The molecule has 0 atom stereocenters. The van der Waals surface area contributed by atoms with Gasteiger partial charge in [0.25, 0.3) is 5.91 Å². The van der Waals surface area contributed by atoms with Gasteiger partial charge in [-0.25, -0.2) is 4.79 Å². The van der Waals surface area contributed by atoms with E-state index in [4.69, 9.17) is 5.11 Å². The normalized spacial score (nSPS) is 9.95. The van der Waals surface area contributed by atoms with Crippen LogP contribution in [-0.2, 0) is 0 Å². The number of rotatable bonds is 3. The van der Waals surface area contributed by atoms with Gasteiger partial charge in [0.1, 0.15) is 0 Å². The van der Waals surface area contributed by atoms with Gasteiger partial charge in [0.15, 0.2) is 0 Å². The fourth-order valence-electron chi connectivity index (χ4n) is 1.45. The van der Waals surface area contributed by atoms with Crippen molar-refractivity contribution in [2.45, 2.75) is 0 Å². The van der Waals surface area contributed by atoms with Gasteiger partial charge in [0.2, 0.25) is 0 Å². The number of carboxylic acid groups (broad SMARTS) is 1. The molecule has 19 heavy (non-hydrogen) atoms. The number of halogens is 1. The molecule has 2 aromatic rings. The molecular formula is C13H9BrN2O3. The fourth-order valence-corrected chi connectivity index (χ4v) is 1.93. The van der Waals surface area contributed by atoms with E-state index in [-0.39, 0.29) is 11.5 Å². The molecule has 0 aliphatic carbocycles. The van der Waals surface area contributed by atoms with Crippen molar-refractivity contribution >= 4 is 33.5 Å². The average Bonchev–Trinajstić information content (AvgIpc) is 2.41. The Hall–Kier alpha value is -2.21. The van der Waals surface area contributed by atoms with Crippen LogP contribution in [0.15, 0.2) is 47.2 Å². The molecule has 0 saturated heterocycles. The molecule has 1 aromatic heterocycles. The quantitative estimate of drug-likeness (QED) is 0.911. The highest BCUT2D eigenvalue weighted by Gasteiger charge is 2.10. The molecule has 1 heterocycles. The van der Waals surface area contributed by atoms with E-state index in [0.717, 1.165) is 0 Å². The molecule has 96 valence electrons. The highest BCUT2D eigenvalue weighted by Crippen LogP contribution is 2.24. The number of pyridine rings is 1. The first-order valence-electron chi connectivity index (χ1n) is 5.32. The van der Waals surface area contributed by atoms with Crippen molar-refractivity contribution < 1.29 is 14.7 Å². The van der Waals surface area contributed by atoms with E-state index in [0.29, 0.717) is 15.7 Å². The van der Waals surface area contributed by atoms with Gasteiger partial charge < -0.3 is 10.4 Å². The van der Waals surface area contributed by atoms with Crippen molar-refractivity contribution in [3.63, 3.8) is 0 Å². The number of aromatic carboxylic acids is 1. The summed E-state index contributed by atoms with van der Waals surface area (Å²) in [6, 6.07) is 7.58. The molecule has 0 spiro atoms. The monoisotopic (exact) mass is 320 g/mol. The second-order valence-corrected chi connectivity index (χ2v) is 4.54. The summed E-state index contributed by atoms with van der Waals surface area (Å²) < 4.78 is 0.509. The molecule has 0 aliphatic heterocycles.